The van der Waals surface area contributed by atoms with E-state index in [4.69, 9.17) is 13.9 Å². The zero-order valence-corrected chi connectivity index (χ0v) is 22.9. The number of piperazine rings is 1. The molecule has 2 aliphatic heterocycles. The number of ether oxygens (including phenoxy) is 3. The van der Waals surface area contributed by atoms with Crippen molar-refractivity contribution in [3.8, 4) is 16.3 Å². The number of rotatable bonds is 6. The summed E-state index contributed by atoms with van der Waals surface area (Å²) < 4.78 is 50.0. The highest BCUT2D eigenvalue weighted by Crippen LogP contribution is 2.41. The van der Waals surface area contributed by atoms with E-state index in [0.717, 1.165) is 19.3 Å². The van der Waals surface area contributed by atoms with Gasteiger partial charge in [0.15, 0.2) is 11.3 Å². The van der Waals surface area contributed by atoms with Crippen molar-refractivity contribution in [2.45, 2.75) is 70.8 Å². The highest BCUT2D eigenvalue weighted by molar-refractivity contribution is 7.13. The lowest BCUT2D eigenvalue weighted by atomic mass is 9.92. The van der Waals surface area contributed by atoms with Crippen molar-refractivity contribution in [3.63, 3.8) is 0 Å². The number of carbonyl (C=O) groups is 2. The number of piperidine rings is 1. The Hall–Kier alpha value is -3.48. The van der Waals surface area contributed by atoms with Crippen LogP contribution in [0.3, 0.4) is 0 Å². The van der Waals surface area contributed by atoms with Crippen molar-refractivity contribution in [3.05, 3.63) is 23.7 Å². The Balaban J connectivity index is 1.49. The van der Waals surface area contributed by atoms with Gasteiger partial charge in [-0.3, -0.25) is 4.90 Å². The Morgan fingerprint density at radius 1 is 1.18 bits per heavy atom. The maximum atomic E-state index is 14.5. The van der Waals surface area contributed by atoms with Gasteiger partial charge in [0.1, 0.15) is 16.1 Å². The molecule has 0 aliphatic carbocycles. The van der Waals surface area contributed by atoms with Crippen LogP contribution in [0.1, 0.15) is 47.0 Å². The quantitative estimate of drug-likeness (QED) is 0.361. The zero-order valence-electron chi connectivity index (χ0n) is 22.1. The summed E-state index contributed by atoms with van der Waals surface area (Å²) in [5, 5.41) is 2.41. The van der Waals surface area contributed by atoms with Crippen molar-refractivity contribution in [1.82, 2.24) is 14.9 Å². The summed E-state index contributed by atoms with van der Waals surface area (Å²) in [5.74, 6) is -2.15. The lowest BCUT2D eigenvalue weighted by Gasteiger charge is -2.49. The molecular weight excluding hydrogens is 534 g/mol. The number of anilines is 1. The minimum Gasteiger partial charge on any atom is -0.459 e. The van der Waals surface area contributed by atoms with Crippen LogP contribution >= 0.6 is 11.3 Å². The van der Waals surface area contributed by atoms with Crippen LogP contribution in [0.5, 0.6) is 5.75 Å². The second-order valence-electron chi connectivity index (χ2n) is 10.5. The summed E-state index contributed by atoms with van der Waals surface area (Å²) in [6, 6.07) is 2.82. The molecule has 2 saturated heterocycles. The van der Waals surface area contributed by atoms with Crippen LogP contribution in [-0.2, 0) is 14.3 Å². The number of carbonyl (C=O) groups excluding carboxylic acids is 2. The van der Waals surface area contributed by atoms with Crippen LogP contribution in [0.25, 0.3) is 21.7 Å². The standard InChI is InChI=1S/C26H30F2N4O6S/c1-5-35-22(33)26(27,28)37-18-10-9-17(21-29-11-12-39-21)19-20(18)36-23(30-19)31-13-15-7-6-8-16(14-31)32(15)24(34)38-25(2,3)4/h9-12,15-16H,5-8,13-14H2,1-4H3. The molecule has 0 N–H and O–H groups in total. The number of amides is 1. The molecule has 3 aromatic rings. The fourth-order valence-corrected chi connectivity index (χ4v) is 5.65. The van der Waals surface area contributed by atoms with E-state index in [-0.39, 0.29) is 47.6 Å². The number of hydrogen-bond donors (Lipinski definition) is 0. The van der Waals surface area contributed by atoms with Gasteiger partial charge < -0.3 is 23.5 Å². The van der Waals surface area contributed by atoms with Gasteiger partial charge in [-0.25, -0.2) is 14.6 Å². The molecule has 2 fully saturated rings. The van der Waals surface area contributed by atoms with E-state index >= 15 is 0 Å². The van der Waals surface area contributed by atoms with Crippen molar-refractivity contribution in [1.29, 1.82) is 0 Å². The number of alkyl halides is 2. The molecule has 10 nitrogen and oxygen atoms in total. The van der Waals surface area contributed by atoms with E-state index in [0.29, 0.717) is 23.7 Å². The number of nitrogens with zero attached hydrogens (tertiary/aromatic N) is 4. The molecule has 13 heteroatoms. The summed E-state index contributed by atoms with van der Waals surface area (Å²) in [5.41, 5.74) is 0.199. The lowest BCUT2D eigenvalue weighted by Crippen LogP contribution is -2.63. The number of aromatic nitrogens is 2. The van der Waals surface area contributed by atoms with Crippen LogP contribution in [0, 0.1) is 0 Å². The first-order valence-corrected chi connectivity index (χ1v) is 13.7. The van der Waals surface area contributed by atoms with Gasteiger partial charge in [-0.05, 0) is 59.1 Å². The van der Waals surface area contributed by atoms with Gasteiger partial charge in [-0.1, -0.05) is 0 Å². The Kier molecular flexibility index (Phi) is 7.12. The van der Waals surface area contributed by atoms with Gasteiger partial charge in [0.25, 0.3) is 6.01 Å². The van der Waals surface area contributed by atoms with Crippen LogP contribution in [0.2, 0.25) is 0 Å². The third-order valence-electron chi connectivity index (χ3n) is 6.51. The number of oxazole rings is 1. The maximum Gasteiger partial charge on any atom is 0.502 e. The number of thiazole rings is 1. The average Bonchev–Trinajstić information content (AvgIpc) is 3.53. The summed E-state index contributed by atoms with van der Waals surface area (Å²) >= 11 is 1.36. The van der Waals surface area contributed by atoms with Crippen molar-refractivity contribution in [2.75, 3.05) is 24.6 Å². The first-order chi connectivity index (χ1) is 18.5. The Morgan fingerprint density at radius 3 is 2.51 bits per heavy atom. The monoisotopic (exact) mass is 564 g/mol. The molecule has 4 heterocycles. The van der Waals surface area contributed by atoms with Crippen molar-refractivity contribution < 1.29 is 37.0 Å². The molecule has 0 radical (unpaired) electrons. The van der Waals surface area contributed by atoms with E-state index in [1.807, 2.05) is 30.6 Å². The van der Waals surface area contributed by atoms with E-state index in [1.165, 1.54) is 24.3 Å². The summed E-state index contributed by atoms with van der Waals surface area (Å²) in [7, 11) is 0. The summed E-state index contributed by atoms with van der Waals surface area (Å²) in [6.07, 6.45) is -0.394. The smallest absolute Gasteiger partial charge is 0.459 e. The van der Waals surface area contributed by atoms with Crippen molar-refractivity contribution in [2.24, 2.45) is 0 Å². The molecule has 2 aromatic heterocycles. The van der Waals surface area contributed by atoms with Gasteiger partial charge in [0, 0.05) is 30.2 Å². The highest BCUT2D eigenvalue weighted by atomic mass is 32.1. The first-order valence-electron chi connectivity index (χ1n) is 12.8. The summed E-state index contributed by atoms with van der Waals surface area (Å²) in [6.45, 7) is 7.58. The highest BCUT2D eigenvalue weighted by Gasteiger charge is 2.46. The predicted octanol–water partition coefficient (Wildman–Crippen LogP) is 5.46. The minimum absolute atomic E-state index is 0.0404. The summed E-state index contributed by atoms with van der Waals surface area (Å²) in [4.78, 5) is 37.5. The molecule has 1 aromatic carbocycles. The minimum atomic E-state index is -4.23. The molecular formula is C26H30F2N4O6S. The van der Waals surface area contributed by atoms with E-state index in [2.05, 4.69) is 14.7 Å². The largest absolute Gasteiger partial charge is 0.502 e. The molecule has 0 spiro atoms. The molecule has 39 heavy (non-hydrogen) atoms. The molecule has 1 amide bonds. The molecule has 210 valence electrons. The number of halogens is 2. The number of benzene rings is 1. The van der Waals surface area contributed by atoms with Gasteiger partial charge in [0.05, 0.1) is 18.7 Å². The number of hydrogen-bond acceptors (Lipinski definition) is 10. The Morgan fingerprint density at radius 2 is 1.90 bits per heavy atom. The van der Waals surface area contributed by atoms with Crippen LogP contribution in [-0.4, -0.2) is 70.4 Å². The Labute approximate surface area is 227 Å². The fraction of sp³-hybridized carbons (Fsp3) is 0.538. The lowest BCUT2D eigenvalue weighted by molar-refractivity contribution is -0.216. The third kappa shape index (κ3) is 5.49. The molecule has 5 rings (SSSR count). The average molecular weight is 565 g/mol. The van der Waals surface area contributed by atoms with Gasteiger partial charge in [-0.2, -0.15) is 13.8 Å². The second kappa shape index (κ2) is 10.2. The first kappa shape index (κ1) is 27.1. The number of esters is 1. The Bertz CT molecular complexity index is 1340. The molecule has 0 saturated carbocycles. The normalized spacial score (nSPS) is 19.7. The zero-order chi connectivity index (χ0) is 27.9. The second-order valence-corrected chi connectivity index (χ2v) is 11.4. The third-order valence-corrected chi connectivity index (χ3v) is 7.32. The van der Waals surface area contributed by atoms with Gasteiger partial charge in [-0.15, -0.1) is 11.3 Å². The topological polar surface area (TPSA) is 107 Å². The predicted molar refractivity (Wildman–Crippen MR) is 139 cm³/mol. The van der Waals surface area contributed by atoms with Crippen LogP contribution in [0.15, 0.2) is 28.1 Å². The van der Waals surface area contributed by atoms with E-state index in [1.54, 1.807) is 17.6 Å². The van der Waals surface area contributed by atoms with E-state index in [9.17, 15) is 18.4 Å². The number of fused-ring (bicyclic) bond motifs is 3. The van der Waals surface area contributed by atoms with Crippen molar-refractivity contribution >= 4 is 40.5 Å². The molecule has 2 atom stereocenters. The van der Waals surface area contributed by atoms with Crippen LogP contribution < -0.4 is 9.64 Å². The van der Waals surface area contributed by atoms with Crippen LogP contribution in [0.4, 0.5) is 19.6 Å². The van der Waals surface area contributed by atoms with Gasteiger partial charge >= 0.3 is 18.2 Å². The molecule has 2 unspecified atom stereocenters. The molecule has 2 bridgehead atoms. The van der Waals surface area contributed by atoms with E-state index < -0.39 is 17.7 Å². The van der Waals surface area contributed by atoms with Gasteiger partial charge in [0.2, 0.25) is 0 Å². The SMILES string of the molecule is CCOC(=O)C(F)(F)Oc1ccc(-c2nccs2)c2nc(N3CC4CCCC(C3)N4C(=O)OC(C)(C)C)oc12. The maximum absolute atomic E-state index is 14.5. The molecule has 2 aliphatic rings. The fourth-order valence-electron chi connectivity index (χ4n) is 4.99.